The van der Waals surface area contributed by atoms with Crippen molar-refractivity contribution in [2.24, 2.45) is 0 Å². The Morgan fingerprint density at radius 3 is 0.579 bits per heavy atom. The standard InChI is InChI=1S/3C12H18.2C11H16.C10H14.3C2H6.2V/c3*1-9-6-7-11(8-10(9)2)12(3,4)5;2*1-9-5-7-10(8-6-9)11(2,3)4;1-10(2,3)9-7-5-4-6-8-9;3*1-2;;/h3*6-8H,1-5H3;2*5-8H,1-4H3;4-8H,1-3H3;3*1-2H3;;/i;;;;;4T;;;;;. The van der Waals surface area contributed by atoms with E-state index >= 15 is 0 Å². The van der Waals surface area contributed by atoms with Crippen molar-refractivity contribution in [3.05, 3.63) is 211 Å². The minimum Gasteiger partial charge on any atom is -0.0683 e. The molecule has 0 bridgehead atoms. The van der Waals surface area contributed by atoms with Gasteiger partial charge in [0.15, 0.2) is 0 Å². The molecule has 0 aromatic heterocycles. The van der Waals surface area contributed by atoms with Gasteiger partial charge in [-0.25, -0.2) is 0 Å². The van der Waals surface area contributed by atoms with Crippen LogP contribution in [0.5, 0.6) is 0 Å². The first-order valence-electron chi connectivity index (χ1n) is 28.7. The smallest absolute Gasteiger partial charge is 0.0623 e. The van der Waals surface area contributed by atoms with Gasteiger partial charge in [-0.15, -0.1) is 0 Å². The number of rotatable bonds is 0. The van der Waals surface area contributed by atoms with E-state index in [2.05, 4.69) is 283 Å². The third-order valence-electron chi connectivity index (χ3n) is 12.5. The Bertz CT molecular complexity index is 2150. The molecule has 6 aromatic rings. The largest absolute Gasteiger partial charge is 0.0683 e. The zero-order valence-electron chi connectivity index (χ0n) is 56.5. The summed E-state index contributed by atoms with van der Waals surface area (Å²) in [5, 5.41) is 0. The van der Waals surface area contributed by atoms with Crippen molar-refractivity contribution in [1.29, 1.82) is 0 Å². The fraction of sp³-hybridized carbons (Fsp3) is 0.514. The SMILES string of the molecule is CC.CC.CC.Cc1ccc(C(C)(C)C)cc1.Cc1ccc(C(C)(C)C)cc1.Cc1ccc(C(C)(C)C)cc1C.Cc1ccc(C(C)(C)C)cc1C.Cc1ccc(C(C)(C)C)cc1C.[3H]c1ccc(C(C)(C)C)cc1.[V].[V]. The molecule has 0 aliphatic rings. The van der Waals surface area contributed by atoms with Crippen LogP contribution in [-0.4, -0.2) is 0 Å². The van der Waals surface area contributed by atoms with Crippen molar-refractivity contribution in [2.45, 2.75) is 254 Å². The molecule has 424 valence electrons. The summed E-state index contributed by atoms with van der Waals surface area (Å²) in [4.78, 5) is 0. The molecular weight excluding hydrogens is 991 g/mol. The quantitative estimate of drug-likeness (QED) is 0.142. The molecular formula is C74H118V2. The summed E-state index contributed by atoms with van der Waals surface area (Å²) < 4.78 is 7.30. The van der Waals surface area contributed by atoms with Crippen LogP contribution in [0, 0.1) is 55.4 Å². The monoisotopic (exact) mass is 1110 g/mol. The maximum absolute atomic E-state index is 7.30. The second-order valence-electron chi connectivity index (χ2n) is 25.4. The van der Waals surface area contributed by atoms with Crippen LogP contribution in [0.25, 0.3) is 0 Å². The van der Waals surface area contributed by atoms with Gasteiger partial charge in [0.05, 0.1) is 1.37 Å². The van der Waals surface area contributed by atoms with E-state index in [0.717, 1.165) is 0 Å². The van der Waals surface area contributed by atoms with Gasteiger partial charge >= 0.3 is 0 Å². The fourth-order valence-electron chi connectivity index (χ4n) is 6.62. The van der Waals surface area contributed by atoms with Crippen LogP contribution in [-0.2, 0) is 69.6 Å². The van der Waals surface area contributed by atoms with Gasteiger partial charge in [-0.05, 0) is 155 Å². The van der Waals surface area contributed by atoms with Gasteiger partial charge in [0.2, 0.25) is 0 Å². The zero-order chi connectivity index (χ0) is 59.5. The summed E-state index contributed by atoms with van der Waals surface area (Å²) in [7, 11) is 0. The summed E-state index contributed by atoms with van der Waals surface area (Å²) in [5.74, 6) is 0. The molecule has 0 spiro atoms. The first-order valence-corrected chi connectivity index (χ1v) is 28.2. The fourth-order valence-corrected chi connectivity index (χ4v) is 6.62. The summed E-state index contributed by atoms with van der Waals surface area (Å²) in [6.45, 7) is 69.4. The molecule has 0 saturated carbocycles. The van der Waals surface area contributed by atoms with E-state index in [0.29, 0.717) is 6.04 Å². The van der Waals surface area contributed by atoms with Gasteiger partial charge < -0.3 is 0 Å². The van der Waals surface area contributed by atoms with Gasteiger partial charge in [-0.3, -0.25) is 0 Å². The number of hydrogen-bond acceptors (Lipinski definition) is 0. The summed E-state index contributed by atoms with van der Waals surface area (Å²) in [6.07, 6.45) is 0. The maximum atomic E-state index is 7.30. The Labute approximate surface area is 500 Å². The molecule has 2 radical (unpaired) electrons. The van der Waals surface area contributed by atoms with Crippen molar-refractivity contribution in [3.8, 4) is 0 Å². The van der Waals surface area contributed by atoms with Crippen LogP contribution in [0.1, 0.15) is 245 Å². The van der Waals surface area contributed by atoms with Crippen LogP contribution in [0.3, 0.4) is 0 Å². The van der Waals surface area contributed by atoms with E-state index in [1.54, 1.807) is 0 Å². The number of aryl methyl sites for hydroxylation is 8. The van der Waals surface area contributed by atoms with Crippen LogP contribution >= 0.6 is 0 Å². The number of hydrogen-bond donors (Lipinski definition) is 0. The van der Waals surface area contributed by atoms with Crippen LogP contribution < -0.4 is 0 Å². The van der Waals surface area contributed by atoms with E-state index in [1.165, 1.54) is 77.9 Å². The summed E-state index contributed by atoms with van der Waals surface area (Å²) in [6, 6.07) is 45.9. The summed E-state index contributed by atoms with van der Waals surface area (Å²) in [5.41, 5.74) is 20.9. The first kappa shape index (κ1) is 79.0. The van der Waals surface area contributed by atoms with Gasteiger partial charge in [0.1, 0.15) is 0 Å². The van der Waals surface area contributed by atoms with E-state index < -0.39 is 0 Å². The van der Waals surface area contributed by atoms with Crippen molar-refractivity contribution >= 4 is 0 Å². The molecule has 76 heavy (non-hydrogen) atoms. The minimum atomic E-state index is 0. The predicted octanol–water partition coefficient (Wildman–Crippen LogP) is 23.4. The van der Waals surface area contributed by atoms with Gasteiger partial charge in [-0.2, -0.15) is 0 Å². The Kier molecular flexibility index (Phi) is 39.6. The normalized spacial score (nSPS) is 10.9. The van der Waals surface area contributed by atoms with E-state index in [4.69, 9.17) is 1.37 Å². The Morgan fingerprint density at radius 2 is 0.408 bits per heavy atom. The topological polar surface area (TPSA) is 0 Å². The van der Waals surface area contributed by atoms with Crippen LogP contribution in [0.15, 0.2) is 133 Å². The average molecular weight is 1110 g/mol. The molecule has 2 heteroatoms. The molecule has 0 unspecified atom stereocenters. The molecule has 0 fully saturated rings. The molecule has 0 aliphatic heterocycles. The molecule has 0 heterocycles. The van der Waals surface area contributed by atoms with E-state index in [1.807, 2.05) is 65.8 Å². The molecule has 6 rings (SSSR count). The van der Waals surface area contributed by atoms with E-state index in [-0.39, 0.29) is 69.6 Å². The molecule has 0 N–H and O–H groups in total. The summed E-state index contributed by atoms with van der Waals surface area (Å²) >= 11 is 0. The third kappa shape index (κ3) is 34.4. The van der Waals surface area contributed by atoms with Gasteiger partial charge in [-0.1, -0.05) is 311 Å². The average Bonchev–Trinajstić information content (AvgIpc) is 3.31. The Morgan fingerprint density at radius 1 is 0.237 bits per heavy atom. The first-order chi connectivity index (χ1) is 34.2. The minimum absolute atomic E-state index is 0. The molecule has 0 amide bonds. The third-order valence-corrected chi connectivity index (χ3v) is 12.5. The van der Waals surface area contributed by atoms with Crippen LogP contribution in [0.4, 0.5) is 0 Å². The molecule has 6 aromatic carbocycles. The molecule has 0 aliphatic carbocycles. The molecule has 0 atom stereocenters. The molecule has 0 nitrogen and oxygen atoms in total. The second kappa shape index (κ2) is 38.2. The van der Waals surface area contributed by atoms with Crippen LogP contribution in [0.2, 0.25) is 0 Å². The maximum Gasteiger partial charge on any atom is 0.0623 e. The van der Waals surface area contributed by atoms with Gasteiger partial charge in [0.25, 0.3) is 0 Å². The van der Waals surface area contributed by atoms with Crippen molar-refractivity contribution in [1.82, 2.24) is 0 Å². The second-order valence-corrected chi connectivity index (χ2v) is 25.4. The van der Waals surface area contributed by atoms with Crippen molar-refractivity contribution in [2.75, 3.05) is 0 Å². The number of benzene rings is 6. The van der Waals surface area contributed by atoms with Gasteiger partial charge in [0, 0.05) is 37.1 Å². The predicted molar refractivity (Wildman–Crippen MR) is 343 cm³/mol. The molecule has 0 saturated heterocycles. The van der Waals surface area contributed by atoms with E-state index in [9.17, 15) is 0 Å². The van der Waals surface area contributed by atoms with Crippen molar-refractivity contribution < 1.29 is 38.5 Å². The Balaban J connectivity index is -0.000000263. The zero-order valence-corrected chi connectivity index (χ0v) is 58.3. The Hall–Kier alpha value is -3.51. The van der Waals surface area contributed by atoms with Crippen molar-refractivity contribution in [3.63, 3.8) is 0 Å².